The molecule has 11 aromatic carbocycles. The van der Waals surface area contributed by atoms with Crippen molar-refractivity contribution in [1.82, 2.24) is 45.8 Å². The van der Waals surface area contributed by atoms with Crippen molar-refractivity contribution in [3.05, 3.63) is 284 Å². The lowest BCUT2D eigenvalue weighted by Gasteiger charge is -2.17. The van der Waals surface area contributed by atoms with Gasteiger partial charge in [-0.25, -0.2) is 19.1 Å². The zero-order valence-electron chi connectivity index (χ0n) is 82.1. The molecular formula is C112H113Cl5F3N9O16S4. The van der Waals surface area contributed by atoms with Crippen LogP contribution < -0.4 is 32.6 Å². The average molecular weight is 2200 g/mol. The number of H-pyrrole nitrogens is 2. The fourth-order valence-corrected chi connectivity index (χ4v) is 21.6. The summed E-state index contributed by atoms with van der Waals surface area (Å²) in [6, 6.07) is 72.4. The van der Waals surface area contributed by atoms with Crippen molar-refractivity contribution in [3.63, 3.8) is 0 Å². The monoisotopic (exact) mass is 2200 g/mol. The van der Waals surface area contributed by atoms with Crippen molar-refractivity contribution >= 4 is 121 Å². The number of alkyl halides is 3. The third-order valence-corrected chi connectivity index (χ3v) is 31.0. The van der Waals surface area contributed by atoms with Crippen LogP contribution in [0.4, 0.5) is 13.2 Å². The van der Waals surface area contributed by atoms with Crippen molar-refractivity contribution in [2.45, 2.75) is 184 Å². The van der Waals surface area contributed by atoms with Crippen LogP contribution in [0.25, 0.3) is 55.6 Å². The number of phenolic OH excluding ortho intramolecular Hbond substituents is 1. The zero-order chi connectivity index (χ0) is 105. The molecule has 14 aromatic rings. The number of methoxy groups -OCH3 is 1. The standard InChI is InChI=1S/C31H32ClN3O4S.C23H24ClN3O3S.C21H20ClN3O3S.C19H18ClF3O4S.C18H19ClO2/c1-3-38-31(36)29-30(35(34-33-29)19-21-8-14-25(37-2)15-9-21)40-26-16-17-27(23-10-12-24(32)13-11-23)28(18-26)39-20-22-6-4-5-7-22;1-2-29-23(28)21-22(26-27-25-21)31-18-11-12-19(16-7-9-17(24)10-8-16)20(13-18)30-14-15-5-3-4-6-15;22-15-7-5-14(6-8-15)17-10-9-16(29-20-19(21(26)27)23-25-24-20)11-18(17)28-12-13-3-1-2-4-13;20-15-7-5-14(6-8-15)17-10-9-16(27-28(24,25)19(21,22)23)11-18(17)26-12-13-3-1-2-4-13;19-15-7-5-14(6-8-15)17-10-9-16(20)11-18(17)21-12-13-3-1-2-4-13/h8-18,22H,3-7,19-20H2,1-2H3;7-13,15H,2-6,14H2,1H3,(H,25,26,27);5-11,13H,1-4,12H2,(H,26,27)(H,23,24,25);5-11,13H,1-4,12H2;5-11,13,20H,1-4,12H2. The Bertz CT molecular complexity index is 6870. The number of ether oxygens (including phenoxy) is 8. The highest BCUT2D eigenvalue weighted by molar-refractivity contribution is 7.99. The van der Waals surface area contributed by atoms with E-state index in [2.05, 4.69) is 51.4 Å². The number of phenols is 1. The van der Waals surface area contributed by atoms with Crippen molar-refractivity contribution < 1.29 is 88.3 Å². The molecule has 5 fully saturated rings. The van der Waals surface area contributed by atoms with Crippen LogP contribution in [-0.4, -0.2) is 141 Å². The molecule has 782 valence electrons. The number of rotatable bonds is 36. The Morgan fingerprint density at radius 1 is 0.396 bits per heavy atom. The fraction of sp³-hybridized carbons (Fsp3) is 0.330. The number of carboxylic acids is 1. The van der Waals surface area contributed by atoms with Crippen LogP contribution in [0.15, 0.2) is 266 Å². The van der Waals surface area contributed by atoms with Crippen LogP contribution in [-0.2, 0) is 26.1 Å². The number of esters is 2. The molecule has 149 heavy (non-hydrogen) atoms. The number of carboxylic acid groups (broad SMARTS) is 1. The summed E-state index contributed by atoms with van der Waals surface area (Å²) >= 11 is 34.1. The molecule has 0 radical (unpaired) electrons. The third-order valence-electron chi connectivity index (χ3n) is 25.8. The van der Waals surface area contributed by atoms with Gasteiger partial charge in [0.15, 0.2) is 10.1 Å². The van der Waals surface area contributed by atoms with E-state index in [0.717, 1.165) is 137 Å². The van der Waals surface area contributed by atoms with E-state index in [-0.39, 0.29) is 41.8 Å². The normalized spacial score (nSPS) is 14.4. The number of aromatic carboxylic acids is 1. The Balaban J connectivity index is 0.000000141. The molecule has 5 aliphatic rings. The molecule has 4 N–H and O–H groups in total. The molecule has 5 saturated carbocycles. The second kappa shape index (κ2) is 54.6. The van der Waals surface area contributed by atoms with E-state index >= 15 is 0 Å². The smallest absolute Gasteiger partial charge is 0.508 e. The van der Waals surface area contributed by atoms with Gasteiger partial charge in [-0.05, 0) is 293 Å². The van der Waals surface area contributed by atoms with E-state index in [4.69, 9.17) is 95.9 Å². The maximum Gasteiger partial charge on any atom is 0.534 e. The summed E-state index contributed by atoms with van der Waals surface area (Å²) in [5.74, 6) is 4.56. The average Bonchev–Trinajstić information content (AvgIpc) is 1.53. The van der Waals surface area contributed by atoms with E-state index < -0.39 is 39.3 Å². The minimum atomic E-state index is -5.75. The quantitative estimate of drug-likeness (QED) is 0.0161. The van der Waals surface area contributed by atoms with Gasteiger partial charge in [0.2, 0.25) is 17.1 Å². The van der Waals surface area contributed by atoms with E-state index in [0.29, 0.717) is 108 Å². The van der Waals surface area contributed by atoms with Crippen LogP contribution in [0, 0.1) is 29.6 Å². The summed E-state index contributed by atoms with van der Waals surface area (Å²) < 4.78 is 113. The molecule has 19 rings (SSSR count). The molecule has 37 heteroatoms. The molecule has 0 amide bonds. The maximum atomic E-state index is 12.8. The van der Waals surface area contributed by atoms with Crippen LogP contribution in [0.1, 0.15) is 179 Å². The molecule has 0 atom stereocenters. The number of hydrogen-bond donors (Lipinski definition) is 4. The van der Waals surface area contributed by atoms with Crippen LogP contribution in [0.3, 0.4) is 0 Å². The highest BCUT2D eigenvalue weighted by atomic mass is 35.5. The number of benzene rings is 11. The first-order valence-electron chi connectivity index (χ1n) is 49.5. The van der Waals surface area contributed by atoms with Gasteiger partial charge in [-0.3, -0.25) is 0 Å². The highest BCUT2D eigenvalue weighted by Crippen LogP contribution is 2.46. The van der Waals surface area contributed by atoms with Gasteiger partial charge >= 0.3 is 33.5 Å². The molecule has 25 nitrogen and oxygen atoms in total. The molecule has 5 aliphatic carbocycles. The Morgan fingerprint density at radius 2 is 0.705 bits per heavy atom. The topological polar surface area (TPSA) is 323 Å². The molecule has 0 spiro atoms. The predicted octanol–water partition coefficient (Wildman–Crippen LogP) is 30.2. The van der Waals surface area contributed by atoms with Crippen LogP contribution >= 0.6 is 93.3 Å². The highest BCUT2D eigenvalue weighted by Gasteiger charge is 2.49. The lowest BCUT2D eigenvalue weighted by Crippen LogP contribution is -2.28. The van der Waals surface area contributed by atoms with Gasteiger partial charge in [-0.1, -0.05) is 236 Å². The number of nitrogens with zero attached hydrogens (tertiary/aromatic N) is 7. The summed E-state index contributed by atoms with van der Waals surface area (Å²) in [5.41, 5.74) is 5.20. The number of halogens is 8. The Kier molecular flexibility index (Phi) is 40.7. The first-order chi connectivity index (χ1) is 72.1. The van der Waals surface area contributed by atoms with Crippen molar-refractivity contribution in [3.8, 4) is 102 Å². The molecule has 0 aliphatic heterocycles. The number of nitrogens with one attached hydrogen (secondary N) is 2. The molecule has 0 bridgehead atoms. The molecule has 0 unspecified atom stereocenters. The number of carbonyl (C=O) groups excluding carboxylic acids is 2. The Labute approximate surface area is 901 Å². The van der Waals surface area contributed by atoms with Gasteiger partial charge in [0.1, 0.15) is 51.0 Å². The third kappa shape index (κ3) is 32.0. The number of aromatic amines is 2. The van der Waals surface area contributed by atoms with E-state index in [1.165, 1.54) is 150 Å². The van der Waals surface area contributed by atoms with Crippen molar-refractivity contribution in [2.24, 2.45) is 29.6 Å². The van der Waals surface area contributed by atoms with Gasteiger partial charge in [-0.15, -0.1) is 25.5 Å². The fourth-order valence-electron chi connectivity index (χ4n) is 17.9. The first-order valence-corrected chi connectivity index (χ1v) is 55.2. The first kappa shape index (κ1) is 111. The van der Waals surface area contributed by atoms with E-state index in [1.807, 2.05) is 176 Å². The second-order valence-corrected chi connectivity index (χ2v) is 43.3. The Morgan fingerprint density at radius 3 is 1.05 bits per heavy atom. The summed E-state index contributed by atoms with van der Waals surface area (Å²) in [6.07, 6.45) is 24.2. The molecule has 0 saturated heterocycles. The predicted molar refractivity (Wildman–Crippen MR) is 575 cm³/mol. The Hall–Kier alpha value is -12.1. The molecular weight excluding hydrogens is 2090 g/mol. The van der Waals surface area contributed by atoms with Gasteiger partial charge in [0, 0.05) is 79.7 Å². The summed E-state index contributed by atoms with van der Waals surface area (Å²) in [5, 5.41) is 52.8. The second-order valence-electron chi connectivity index (χ2n) is 36.4. The van der Waals surface area contributed by atoms with E-state index in [1.54, 1.807) is 62.0 Å². The summed E-state index contributed by atoms with van der Waals surface area (Å²) in [4.78, 5) is 38.8. The number of hydrogen-bond acceptors (Lipinski definition) is 24. The lowest BCUT2D eigenvalue weighted by atomic mass is 10.0. The lowest BCUT2D eigenvalue weighted by molar-refractivity contribution is -0.0500. The molecule has 3 aromatic heterocycles. The van der Waals surface area contributed by atoms with Crippen LogP contribution in [0.5, 0.6) is 46.0 Å². The minimum Gasteiger partial charge on any atom is -0.508 e. The van der Waals surface area contributed by atoms with E-state index in [9.17, 15) is 46.2 Å². The molecule has 3 heterocycles. The SMILES string of the molecule is CCOC(=O)c1n[nH]nc1Sc1ccc(-c2ccc(Cl)cc2)c(OCC2CCCC2)c1.CCOC(=O)c1nnn(Cc2ccc(OC)cc2)c1Sc1ccc(-c2ccc(Cl)cc2)c(OCC2CCCC2)c1.O=C(O)c1n[nH]nc1Sc1ccc(-c2ccc(Cl)cc2)c(OCC2CCCC2)c1.O=S(=O)(Oc1ccc(-c2ccc(Cl)cc2)c(OCC2CCCC2)c1)C(F)(F)F.Oc1ccc(-c2ccc(Cl)cc2)c(OCC2CCCC2)c1. The number of aromatic hydroxyl groups is 1. The van der Waals surface area contributed by atoms with Crippen molar-refractivity contribution in [2.75, 3.05) is 53.4 Å². The number of carbonyl (C=O) groups is 3. The van der Waals surface area contributed by atoms with Crippen LogP contribution in [0.2, 0.25) is 25.1 Å². The van der Waals surface area contributed by atoms with Gasteiger partial charge in [0.05, 0.1) is 59.9 Å². The van der Waals surface area contributed by atoms with Gasteiger partial charge < -0.3 is 52.3 Å². The minimum absolute atomic E-state index is 0.0924. The number of aromatic nitrogens is 9. The summed E-state index contributed by atoms with van der Waals surface area (Å²) in [7, 11) is -4.12. The largest absolute Gasteiger partial charge is 0.534 e. The zero-order valence-corrected chi connectivity index (χ0v) is 89.1. The summed E-state index contributed by atoms with van der Waals surface area (Å²) in [6.45, 7) is 7.69. The van der Waals surface area contributed by atoms with Crippen molar-refractivity contribution in [1.29, 1.82) is 0 Å². The van der Waals surface area contributed by atoms with Gasteiger partial charge in [-0.2, -0.15) is 32.0 Å². The maximum absolute atomic E-state index is 12.8. The van der Waals surface area contributed by atoms with Gasteiger partial charge in [0.25, 0.3) is 0 Å².